The maximum absolute atomic E-state index is 13.6. The summed E-state index contributed by atoms with van der Waals surface area (Å²) in [6, 6.07) is 11.0. The topological polar surface area (TPSA) is 86.8 Å². The zero-order valence-corrected chi connectivity index (χ0v) is 22.9. The highest BCUT2D eigenvalue weighted by atomic mass is 35.5. The molecule has 2 rings (SSSR count). The maximum atomic E-state index is 13.6. The van der Waals surface area contributed by atoms with Gasteiger partial charge in [0.2, 0.25) is 21.8 Å². The molecule has 1 N–H and O–H groups in total. The number of carbonyl (C=O) groups excluding carboxylic acids is 2. The summed E-state index contributed by atoms with van der Waals surface area (Å²) in [5.41, 5.74) is 1.84. The van der Waals surface area contributed by atoms with Crippen molar-refractivity contribution in [3.8, 4) is 0 Å². The van der Waals surface area contributed by atoms with Crippen LogP contribution < -0.4 is 9.62 Å². The first-order valence-corrected chi connectivity index (χ1v) is 14.1. The van der Waals surface area contributed by atoms with E-state index in [0.29, 0.717) is 23.0 Å². The number of unbranched alkanes of at least 4 members (excludes halogenated alkanes) is 1. The quantitative estimate of drug-likeness (QED) is 0.391. The van der Waals surface area contributed by atoms with E-state index in [1.165, 1.54) is 11.0 Å². The maximum Gasteiger partial charge on any atom is 0.244 e. The Labute approximate surface area is 218 Å². The van der Waals surface area contributed by atoms with Crippen molar-refractivity contribution in [2.24, 2.45) is 0 Å². The summed E-state index contributed by atoms with van der Waals surface area (Å²) in [4.78, 5) is 28.0. The van der Waals surface area contributed by atoms with Gasteiger partial charge in [0.25, 0.3) is 0 Å². The Morgan fingerprint density at radius 2 is 1.71 bits per heavy atom. The van der Waals surface area contributed by atoms with Gasteiger partial charge in [0.1, 0.15) is 12.6 Å². The van der Waals surface area contributed by atoms with Crippen LogP contribution in [0.3, 0.4) is 0 Å². The second kappa shape index (κ2) is 13.1. The fraction of sp³-hybridized carbons (Fsp3) is 0.440. The van der Waals surface area contributed by atoms with Crippen molar-refractivity contribution in [1.29, 1.82) is 0 Å². The van der Waals surface area contributed by atoms with E-state index in [-0.39, 0.29) is 18.1 Å². The number of halogens is 2. The highest BCUT2D eigenvalue weighted by Crippen LogP contribution is 2.25. The summed E-state index contributed by atoms with van der Waals surface area (Å²) < 4.78 is 26.3. The third-order valence-corrected chi connectivity index (χ3v) is 7.40. The highest BCUT2D eigenvalue weighted by Gasteiger charge is 2.31. The van der Waals surface area contributed by atoms with Crippen LogP contribution in [0.1, 0.15) is 44.2 Å². The van der Waals surface area contributed by atoms with Crippen molar-refractivity contribution >= 4 is 50.7 Å². The molecule has 0 aromatic heterocycles. The smallest absolute Gasteiger partial charge is 0.244 e. The lowest BCUT2D eigenvalue weighted by atomic mass is 10.1. The fourth-order valence-corrected chi connectivity index (χ4v) is 4.71. The molecule has 0 bridgehead atoms. The summed E-state index contributed by atoms with van der Waals surface area (Å²) in [7, 11) is -3.82. The molecule has 0 aliphatic heterocycles. The van der Waals surface area contributed by atoms with Crippen molar-refractivity contribution in [3.63, 3.8) is 0 Å². The number of hydrogen-bond donors (Lipinski definition) is 1. The molecule has 7 nitrogen and oxygen atoms in total. The van der Waals surface area contributed by atoms with E-state index in [4.69, 9.17) is 23.2 Å². The molecule has 35 heavy (non-hydrogen) atoms. The molecule has 1 atom stereocenters. The van der Waals surface area contributed by atoms with Gasteiger partial charge >= 0.3 is 0 Å². The van der Waals surface area contributed by atoms with Crippen LogP contribution in [0, 0.1) is 6.92 Å². The molecule has 0 saturated carbocycles. The molecular weight excluding hydrogens is 509 g/mol. The van der Waals surface area contributed by atoms with Gasteiger partial charge in [-0.15, -0.1) is 0 Å². The van der Waals surface area contributed by atoms with Gasteiger partial charge in [-0.05, 0) is 55.2 Å². The third-order valence-electron chi connectivity index (χ3n) is 5.60. The van der Waals surface area contributed by atoms with Crippen LogP contribution in [0.2, 0.25) is 10.0 Å². The van der Waals surface area contributed by atoms with Crippen LogP contribution in [-0.2, 0) is 26.2 Å². The van der Waals surface area contributed by atoms with Gasteiger partial charge in [0.15, 0.2) is 0 Å². The van der Waals surface area contributed by atoms with Crippen LogP contribution in [0.5, 0.6) is 0 Å². The number of aryl methyl sites for hydroxylation is 1. The number of hydrogen-bond acceptors (Lipinski definition) is 4. The van der Waals surface area contributed by atoms with Gasteiger partial charge in [0.05, 0.1) is 11.9 Å². The van der Waals surface area contributed by atoms with Crippen LogP contribution in [-0.4, -0.2) is 50.5 Å². The molecule has 1 unspecified atom stereocenters. The van der Waals surface area contributed by atoms with Crippen molar-refractivity contribution < 1.29 is 18.0 Å². The minimum absolute atomic E-state index is 0.127. The Morgan fingerprint density at radius 1 is 1.06 bits per heavy atom. The predicted molar refractivity (Wildman–Crippen MR) is 142 cm³/mol. The van der Waals surface area contributed by atoms with Crippen LogP contribution in [0.15, 0.2) is 42.5 Å². The Balaban J connectivity index is 2.41. The van der Waals surface area contributed by atoms with E-state index in [2.05, 4.69) is 5.32 Å². The molecule has 0 saturated heterocycles. The lowest BCUT2D eigenvalue weighted by Crippen LogP contribution is -2.52. The third kappa shape index (κ3) is 8.40. The molecular formula is C25H33Cl2N3O4S. The highest BCUT2D eigenvalue weighted by molar-refractivity contribution is 7.92. The second-order valence-corrected chi connectivity index (χ2v) is 11.2. The van der Waals surface area contributed by atoms with Crippen LogP contribution >= 0.6 is 23.2 Å². The predicted octanol–water partition coefficient (Wildman–Crippen LogP) is 4.79. The zero-order chi connectivity index (χ0) is 26.2. The molecule has 192 valence electrons. The van der Waals surface area contributed by atoms with E-state index in [1.807, 2.05) is 13.8 Å². The standard InChI is InChI=1S/C25H33Cl2N3O4S/c1-5-7-14-28-25(32)23(6-2)29(16-19-9-11-20(26)12-10-19)24(31)17-30(35(4,33)34)21-13-8-18(3)22(27)15-21/h8-13,15,23H,5-7,14,16-17H2,1-4H3,(H,28,32). The van der Waals surface area contributed by atoms with Crippen molar-refractivity contribution in [3.05, 3.63) is 63.6 Å². The molecule has 2 aromatic carbocycles. The van der Waals surface area contributed by atoms with Gasteiger partial charge in [-0.2, -0.15) is 0 Å². The number of nitrogens with zero attached hydrogens (tertiary/aromatic N) is 2. The average Bonchev–Trinajstić information content (AvgIpc) is 2.80. The fourth-order valence-electron chi connectivity index (χ4n) is 3.56. The van der Waals surface area contributed by atoms with Crippen LogP contribution in [0.4, 0.5) is 5.69 Å². The number of amides is 2. The number of anilines is 1. The number of benzene rings is 2. The van der Waals surface area contributed by atoms with Gasteiger partial charge in [-0.3, -0.25) is 13.9 Å². The van der Waals surface area contributed by atoms with Crippen molar-refractivity contribution in [2.45, 2.75) is 52.6 Å². The van der Waals surface area contributed by atoms with Crippen molar-refractivity contribution in [1.82, 2.24) is 10.2 Å². The van der Waals surface area contributed by atoms with Crippen molar-refractivity contribution in [2.75, 3.05) is 23.7 Å². The summed E-state index contributed by atoms with van der Waals surface area (Å²) in [5, 5.41) is 3.83. The Bertz CT molecular complexity index is 1120. The number of carbonyl (C=O) groups is 2. The Morgan fingerprint density at radius 3 is 2.26 bits per heavy atom. The van der Waals surface area contributed by atoms with Gasteiger partial charge in [-0.25, -0.2) is 8.42 Å². The first-order valence-electron chi connectivity index (χ1n) is 11.5. The van der Waals surface area contributed by atoms with E-state index in [1.54, 1.807) is 43.3 Å². The van der Waals surface area contributed by atoms with Gasteiger partial charge in [0, 0.05) is 23.1 Å². The number of rotatable bonds is 12. The minimum Gasteiger partial charge on any atom is -0.354 e. The first-order chi connectivity index (χ1) is 16.5. The monoisotopic (exact) mass is 541 g/mol. The summed E-state index contributed by atoms with van der Waals surface area (Å²) in [6.45, 7) is 5.81. The molecule has 2 amide bonds. The molecule has 0 fully saturated rings. The second-order valence-electron chi connectivity index (χ2n) is 8.42. The molecule has 2 aromatic rings. The van der Waals surface area contributed by atoms with Gasteiger partial charge < -0.3 is 10.2 Å². The lowest BCUT2D eigenvalue weighted by molar-refractivity contribution is -0.140. The molecule has 0 spiro atoms. The molecule has 0 aliphatic carbocycles. The zero-order valence-electron chi connectivity index (χ0n) is 20.6. The molecule has 0 radical (unpaired) electrons. The van der Waals surface area contributed by atoms with E-state index < -0.39 is 28.5 Å². The SMILES string of the molecule is CCCCNC(=O)C(CC)N(Cc1ccc(Cl)cc1)C(=O)CN(c1ccc(C)c(Cl)c1)S(C)(=O)=O. The average molecular weight is 543 g/mol. The lowest BCUT2D eigenvalue weighted by Gasteiger charge is -2.33. The molecule has 10 heteroatoms. The Hall–Kier alpha value is -2.29. The molecule has 0 aliphatic rings. The van der Waals surface area contributed by atoms with E-state index in [0.717, 1.165) is 34.5 Å². The minimum atomic E-state index is -3.82. The Kier molecular flexibility index (Phi) is 10.9. The summed E-state index contributed by atoms with van der Waals surface area (Å²) in [6.07, 6.45) is 3.15. The number of nitrogens with one attached hydrogen (secondary N) is 1. The normalized spacial score (nSPS) is 12.2. The van der Waals surface area contributed by atoms with Crippen LogP contribution in [0.25, 0.3) is 0 Å². The van der Waals surface area contributed by atoms with E-state index >= 15 is 0 Å². The van der Waals surface area contributed by atoms with E-state index in [9.17, 15) is 18.0 Å². The number of sulfonamides is 1. The van der Waals surface area contributed by atoms with Gasteiger partial charge in [-0.1, -0.05) is 61.7 Å². The summed E-state index contributed by atoms with van der Waals surface area (Å²) in [5.74, 6) is -0.771. The molecule has 0 heterocycles. The first kappa shape index (κ1) is 28.9. The summed E-state index contributed by atoms with van der Waals surface area (Å²) >= 11 is 12.2. The largest absolute Gasteiger partial charge is 0.354 e.